The van der Waals surface area contributed by atoms with Gasteiger partial charge >= 0.3 is 0 Å². The van der Waals surface area contributed by atoms with Crippen molar-refractivity contribution in [2.75, 3.05) is 0 Å². The van der Waals surface area contributed by atoms with Gasteiger partial charge in [-0.25, -0.2) is 14.1 Å². The molecule has 2 aromatic carbocycles. The third-order valence-electron chi connectivity index (χ3n) is 5.33. The lowest BCUT2D eigenvalue weighted by Crippen LogP contribution is -2.22. The van der Waals surface area contributed by atoms with Crippen LogP contribution in [0.4, 0.5) is 0 Å². The van der Waals surface area contributed by atoms with E-state index in [1.807, 2.05) is 56.3 Å². The second kappa shape index (κ2) is 6.74. The van der Waals surface area contributed by atoms with E-state index in [1.165, 1.54) is 22.9 Å². The van der Waals surface area contributed by atoms with Crippen molar-refractivity contribution in [2.24, 2.45) is 0 Å². The number of hydrogen-bond acceptors (Lipinski definition) is 5. The summed E-state index contributed by atoms with van der Waals surface area (Å²) in [7, 11) is 0. The molecule has 0 bridgehead atoms. The first-order chi connectivity index (χ1) is 14.4. The second-order valence-electron chi connectivity index (χ2n) is 7.28. The lowest BCUT2D eigenvalue weighted by atomic mass is 10.1. The molecule has 0 aliphatic rings. The van der Waals surface area contributed by atoms with Gasteiger partial charge in [-0.1, -0.05) is 47.7 Å². The Balaban J connectivity index is 1.76. The normalized spacial score (nSPS) is 12.3. The van der Waals surface area contributed by atoms with E-state index in [-0.39, 0.29) is 11.5 Å². The number of carbonyl (C=O) groups excluding carboxylic acids is 1. The van der Waals surface area contributed by atoms with Crippen molar-refractivity contribution in [3.63, 3.8) is 0 Å². The van der Waals surface area contributed by atoms with Gasteiger partial charge in [0.05, 0.1) is 15.6 Å². The topological polar surface area (TPSA) is 69.3 Å². The summed E-state index contributed by atoms with van der Waals surface area (Å²) in [5.74, 6) is -0.188. The minimum absolute atomic E-state index is 0.115. The van der Waals surface area contributed by atoms with Crippen molar-refractivity contribution >= 4 is 39.3 Å². The molecule has 0 atom stereocenters. The van der Waals surface area contributed by atoms with Crippen molar-refractivity contribution in [2.45, 2.75) is 20.8 Å². The van der Waals surface area contributed by atoms with Crippen LogP contribution in [0.3, 0.4) is 0 Å². The van der Waals surface area contributed by atoms with Gasteiger partial charge in [-0.05, 0) is 37.1 Å². The maximum Gasteiger partial charge on any atom is 0.274 e. The fourth-order valence-corrected chi connectivity index (χ4v) is 4.55. The Morgan fingerprint density at radius 3 is 2.60 bits per heavy atom. The number of rotatable bonds is 2. The molecule has 0 unspecified atom stereocenters. The van der Waals surface area contributed by atoms with Crippen molar-refractivity contribution in [3.8, 4) is 11.3 Å². The average Bonchev–Trinajstić information content (AvgIpc) is 3.40. The molecule has 0 radical (unpaired) electrons. The van der Waals surface area contributed by atoms with Gasteiger partial charge in [-0.15, -0.1) is 0 Å². The van der Waals surface area contributed by atoms with Crippen LogP contribution in [-0.4, -0.2) is 25.1 Å². The van der Waals surface area contributed by atoms with Crippen molar-refractivity contribution in [3.05, 3.63) is 80.2 Å². The third kappa shape index (κ3) is 2.78. The number of thiazole rings is 1. The number of carbonyl (C=O) groups is 1. The van der Waals surface area contributed by atoms with Gasteiger partial charge in [-0.2, -0.15) is 5.10 Å². The predicted molar refractivity (Wildman–Crippen MR) is 119 cm³/mol. The van der Waals surface area contributed by atoms with E-state index in [0.717, 1.165) is 27.7 Å². The molecule has 0 saturated heterocycles. The molecule has 0 saturated carbocycles. The quantitative estimate of drug-likeness (QED) is 0.443. The SMILES string of the molecule is CC(=O)n1cc(C=c2sc3nc4c(C)c(C)ccc4n3c2=O)c(-c2ccccc2)n1. The number of aryl methyl sites for hydroxylation is 2. The summed E-state index contributed by atoms with van der Waals surface area (Å²) in [5.41, 5.74) is 6.06. The molecule has 0 fully saturated rings. The maximum absolute atomic E-state index is 13.2. The zero-order chi connectivity index (χ0) is 21.0. The van der Waals surface area contributed by atoms with E-state index in [4.69, 9.17) is 4.98 Å². The van der Waals surface area contributed by atoms with E-state index in [9.17, 15) is 9.59 Å². The molecule has 3 heterocycles. The molecule has 0 aliphatic carbocycles. The van der Waals surface area contributed by atoms with Crippen LogP contribution >= 0.6 is 11.3 Å². The Bertz CT molecular complexity index is 1560. The number of hydrogen-bond donors (Lipinski definition) is 0. The number of benzene rings is 2. The standard InChI is InChI=1S/C23H18N4O2S/c1-13-9-10-18-20(14(13)2)24-23-27(18)22(29)19(30-23)11-17-12-26(15(3)28)25-21(17)16-7-5-4-6-8-16/h4-12H,1-3H3. The molecular formula is C23H18N4O2S. The lowest BCUT2D eigenvalue weighted by Gasteiger charge is -1.99. The number of nitrogens with zero attached hydrogens (tertiary/aromatic N) is 4. The van der Waals surface area contributed by atoms with Gasteiger partial charge in [0.1, 0.15) is 5.69 Å². The van der Waals surface area contributed by atoms with E-state index < -0.39 is 0 Å². The van der Waals surface area contributed by atoms with Crippen molar-refractivity contribution in [1.82, 2.24) is 19.2 Å². The fraction of sp³-hybridized carbons (Fsp3) is 0.130. The molecule has 0 aliphatic heterocycles. The minimum Gasteiger partial charge on any atom is -0.273 e. The van der Waals surface area contributed by atoms with Gasteiger partial charge < -0.3 is 0 Å². The summed E-state index contributed by atoms with van der Waals surface area (Å²) >= 11 is 1.34. The first kappa shape index (κ1) is 18.4. The van der Waals surface area contributed by atoms with Crippen LogP contribution in [-0.2, 0) is 0 Å². The highest BCUT2D eigenvalue weighted by atomic mass is 32.1. The number of aromatic nitrogens is 4. The van der Waals surface area contributed by atoms with E-state index in [2.05, 4.69) is 5.10 Å². The minimum atomic E-state index is -0.188. The Kier molecular flexibility index (Phi) is 4.15. The van der Waals surface area contributed by atoms with E-state index >= 15 is 0 Å². The van der Waals surface area contributed by atoms with Crippen LogP contribution in [0.5, 0.6) is 0 Å². The highest BCUT2D eigenvalue weighted by Crippen LogP contribution is 2.24. The van der Waals surface area contributed by atoms with Crippen LogP contribution in [0.1, 0.15) is 28.4 Å². The summed E-state index contributed by atoms with van der Waals surface area (Å²) in [6, 6.07) is 13.6. The summed E-state index contributed by atoms with van der Waals surface area (Å²) in [4.78, 5) is 30.4. The molecule has 30 heavy (non-hydrogen) atoms. The first-order valence-corrected chi connectivity index (χ1v) is 10.3. The third-order valence-corrected chi connectivity index (χ3v) is 6.30. The molecule has 148 valence electrons. The Hall–Kier alpha value is -3.58. The Morgan fingerprint density at radius 1 is 1.10 bits per heavy atom. The average molecular weight is 414 g/mol. The number of fused-ring (bicyclic) bond motifs is 3. The number of imidazole rings is 1. The molecule has 7 heteroatoms. The summed E-state index contributed by atoms with van der Waals surface area (Å²) in [5, 5.41) is 4.43. The summed E-state index contributed by atoms with van der Waals surface area (Å²) < 4.78 is 3.52. The molecular weight excluding hydrogens is 396 g/mol. The Labute approximate surface area is 175 Å². The van der Waals surface area contributed by atoms with Gasteiger partial charge in [0.2, 0.25) is 5.91 Å². The zero-order valence-corrected chi connectivity index (χ0v) is 17.5. The summed E-state index contributed by atoms with van der Waals surface area (Å²) in [6.07, 6.45) is 3.46. The monoisotopic (exact) mass is 414 g/mol. The largest absolute Gasteiger partial charge is 0.274 e. The van der Waals surface area contributed by atoms with Crippen molar-refractivity contribution < 1.29 is 4.79 Å². The lowest BCUT2D eigenvalue weighted by molar-refractivity contribution is 0.0921. The maximum atomic E-state index is 13.2. The van der Waals surface area contributed by atoms with E-state index in [1.54, 1.807) is 16.7 Å². The van der Waals surface area contributed by atoms with Gasteiger partial charge in [0.15, 0.2) is 4.96 Å². The van der Waals surface area contributed by atoms with E-state index in [0.29, 0.717) is 20.8 Å². The molecule has 0 N–H and O–H groups in total. The van der Waals surface area contributed by atoms with Crippen LogP contribution in [0, 0.1) is 13.8 Å². The molecule has 6 nitrogen and oxygen atoms in total. The molecule has 5 rings (SSSR count). The highest BCUT2D eigenvalue weighted by molar-refractivity contribution is 7.15. The Morgan fingerprint density at radius 2 is 1.87 bits per heavy atom. The van der Waals surface area contributed by atoms with Gasteiger partial charge in [0.25, 0.3) is 5.56 Å². The first-order valence-electron chi connectivity index (χ1n) is 9.53. The molecule has 0 spiro atoms. The second-order valence-corrected chi connectivity index (χ2v) is 8.29. The van der Waals surface area contributed by atoms with Gasteiger partial charge in [-0.3, -0.25) is 9.59 Å². The molecule has 3 aromatic heterocycles. The smallest absolute Gasteiger partial charge is 0.273 e. The zero-order valence-electron chi connectivity index (χ0n) is 16.7. The van der Waals surface area contributed by atoms with Crippen LogP contribution in [0.2, 0.25) is 0 Å². The molecule has 0 amide bonds. The predicted octanol–water partition coefficient (Wildman–Crippen LogP) is 3.60. The van der Waals surface area contributed by atoms with Crippen molar-refractivity contribution in [1.29, 1.82) is 0 Å². The van der Waals surface area contributed by atoms with Crippen LogP contribution in [0.15, 0.2) is 53.5 Å². The fourth-order valence-electron chi connectivity index (χ4n) is 3.58. The highest BCUT2D eigenvalue weighted by Gasteiger charge is 2.16. The van der Waals surface area contributed by atoms with Gasteiger partial charge in [0, 0.05) is 24.2 Å². The van der Waals surface area contributed by atoms with Crippen LogP contribution in [0.25, 0.3) is 33.3 Å². The van der Waals surface area contributed by atoms with Crippen LogP contribution < -0.4 is 10.1 Å². The molecule has 5 aromatic rings. The summed E-state index contributed by atoms with van der Waals surface area (Å²) in [6.45, 7) is 5.52.